The van der Waals surface area contributed by atoms with Crippen LogP contribution in [0.1, 0.15) is 32.1 Å². The van der Waals surface area contributed by atoms with Crippen LogP contribution in [-0.2, 0) is 19.0 Å². The van der Waals surface area contributed by atoms with Crippen LogP contribution in [-0.4, -0.2) is 37.5 Å². The number of carbonyl (C=O) groups is 1. The van der Waals surface area contributed by atoms with Gasteiger partial charge in [0.25, 0.3) is 0 Å². The molecule has 2 heterocycles. The summed E-state index contributed by atoms with van der Waals surface area (Å²) in [5.74, 6) is -0.372. The van der Waals surface area contributed by atoms with E-state index in [1.165, 1.54) is 6.08 Å². The number of ether oxygens (including phenoxy) is 3. The summed E-state index contributed by atoms with van der Waals surface area (Å²) in [4.78, 5) is 11.3. The van der Waals surface area contributed by atoms with Gasteiger partial charge in [-0.3, -0.25) is 0 Å². The monoisotopic (exact) mass is 240 g/mol. The highest BCUT2D eigenvalue weighted by Crippen LogP contribution is 2.25. The van der Waals surface area contributed by atoms with Gasteiger partial charge in [-0.2, -0.15) is 0 Å². The molecular formula is C13H20O4. The quantitative estimate of drug-likeness (QED) is 0.543. The van der Waals surface area contributed by atoms with Gasteiger partial charge in [-0.25, -0.2) is 4.79 Å². The maximum atomic E-state index is 11.3. The van der Waals surface area contributed by atoms with Crippen molar-refractivity contribution in [3.8, 4) is 0 Å². The molecule has 0 aromatic carbocycles. The molecule has 2 aliphatic rings. The van der Waals surface area contributed by atoms with Crippen molar-refractivity contribution < 1.29 is 19.0 Å². The second kappa shape index (κ2) is 6.17. The van der Waals surface area contributed by atoms with Crippen molar-refractivity contribution in [2.75, 3.05) is 13.2 Å². The highest BCUT2D eigenvalue weighted by molar-refractivity contribution is 5.81. The second-order valence-electron chi connectivity index (χ2n) is 4.60. The minimum Gasteiger partial charge on any atom is -0.456 e. The van der Waals surface area contributed by atoms with E-state index in [1.54, 1.807) is 0 Å². The molecule has 2 saturated heterocycles. The lowest BCUT2D eigenvalue weighted by atomic mass is 10.0. The Morgan fingerprint density at radius 1 is 1.35 bits per heavy atom. The number of rotatable bonds is 5. The summed E-state index contributed by atoms with van der Waals surface area (Å²) in [6.07, 6.45) is 6.14. The third kappa shape index (κ3) is 3.54. The van der Waals surface area contributed by atoms with E-state index >= 15 is 0 Å². The minimum absolute atomic E-state index is 0.0306. The molecule has 0 spiro atoms. The van der Waals surface area contributed by atoms with Crippen molar-refractivity contribution in [2.24, 2.45) is 0 Å². The molecule has 0 radical (unpaired) electrons. The Hall–Kier alpha value is -0.870. The fourth-order valence-electron chi connectivity index (χ4n) is 2.46. The standard InChI is InChI=1S/C13H20O4/c1-2-13(14)17-12(11-6-4-8-16-11)9-10-5-3-7-15-10/h2,10-12H,1,3-9H2. The molecule has 0 saturated carbocycles. The topological polar surface area (TPSA) is 44.8 Å². The van der Waals surface area contributed by atoms with Crippen molar-refractivity contribution in [3.05, 3.63) is 12.7 Å². The summed E-state index contributed by atoms with van der Waals surface area (Å²) in [7, 11) is 0. The molecule has 96 valence electrons. The van der Waals surface area contributed by atoms with Crippen LogP contribution >= 0.6 is 0 Å². The Morgan fingerprint density at radius 3 is 2.71 bits per heavy atom. The molecule has 17 heavy (non-hydrogen) atoms. The van der Waals surface area contributed by atoms with Gasteiger partial charge >= 0.3 is 5.97 Å². The summed E-state index contributed by atoms with van der Waals surface area (Å²) >= 11 is 0. The SMILES string of the molecule is C=CC(=O)OC(CC1CCCO1)C1CCCO1. The summed E-state index contributed by atoms with van der Waals surface area (Å²) in [5.41, 5.74) is 0. The van der Waals surface area contributed by atoms with E-state index in [9.17, 15) is 4.79 Å². The van der Waals surface area contributed by atoms with Crippen molar-refractivity contribution >= 4 is 5.97 Å². The van der Waals surface area contributed by atoms with Crippen LogP contribution in [0.2, 0.25) is 0 Å². The van der Waals surface area contributed by atoms with Gasteiger partial charge in [-0.05, 0) is 25.7 Å². The molecule has 0 aromatic heterocycles. The van der Waals surface area contributed by atoms with Gasteiger partial charge in [-0.15, -0.1) is 0 Å². The Morgan fingerprint density at radius 2 is 2.12 bits per heavy atom. The van der Waals surface area contributed by atoms with Gasteiger partial charge in [-0.1, -0.05) is 6.58 Å². The first kappa shape index (κ1) is 12.6. The zero-order valence-electron chi connectivity index (χ0n) is 10.1. The first-order chi connectivity index (χ1) is 8.29. The smallest absolute Gasteiger partial charge is 0.330 e. The molecule has 4 nitrogen and oxygen atoms in total. The Kier molecular flexibility index (Phi) is 4.57. The molecule has 4 heteroatoms. The van der Waals surface area contributed by atoms with Crippen molar-refractivity contribution in [3.63, 3.8) is 0 Å². The Balaban J connectivity index is 1.90. The maximum Gasteiger partial charge on any atom is 0.330 e. The number of hydrogen-bond donors (Lipinski definition) is 0. The average Bonchev–Trinajstić information content (AvgIpc) is 3.00. The highest BCUT2D eigenvalue weighted by Gasteiger charge is 2.32. The lowest BCUT2D eigenvalue weighted by molar-refractivity contribution is -0.152. The fraction of sp³-hybridized carbons (Fsp3) is 0.769. The van der Waals surface area contributed by atoms with E-state index in [1.807, 2.05) is 0 Å². The maximum absolute atomic E-state index is 11.3. The van der Waals surface area contributed by atoms with Gasteiger partial charge in [0.1, 0.15) is 6.10 Å². The predicted molar refractivity (Wildman–Crippen MR) is 62.6 cm³/mol. The number of hydrogen-bond acceptors (Lipinski definition) is 4. The molecule has 0 amide bonds. The highest BCUT2D eigenvalue weighted by atomic mass is 16.6. The molecule has 0 bridgehead atoms. The molecule has 0 aliphatic carbocycles. The van der Waals surface area contributed by atoms with Crippen molar-refractivity contribution in [1.29, 1.82) is 0 Å². The van der Waals surface area contributed by atoms with Crippen LogP contribution in [0.25, 0.3) is 0 Å². The molecular weight excluding hydrogens is 220 g/mol. The number of esters is 1. The summed E-state index contributed by atoms with van der Waals surface area (Å²) < 4.78 is 16.6. The normalized spacial score (nSPS) is 30.1. The van der Waals surface area contributed by atoms with Crippen LogP contribution in [0, 0.1) is 0 Å². The van der Waals surface area contributed by atoms with E-state index in [2.05, 4.69) is 6.58 Å². The van der Waals surface area contributed by atoms with Crippen LogP contribution in [0.4, 0.5) is 0 Å². The zero-order chi connectivity index (χ0) is 12.1. The lowest BCUT2D eigenvalue weighted by Gasteiger charge is -2.24. The summed E-state index contributed by atoms with van der Waals surface area (Å²) in [5, 5.41) is 0. The number of carbonyl (C=O) groups excluding carboxylic acids is 1. The van der Waals surface area contributed by atoms with E-state index in [0.29, 0.717) is 0 Å². The van der Waals surface area contributed by atoms with E-state index in [0.717, 1.165) is 45.3 Å². The molecule has 2 rings (SSSR count). The van der Waals surface area contributed by atoms with E-state index < -0.39 is 0 Å². The third-order valence-corrected chi connectivity index (χ3v) is 3.33. The van der Waals surface area contributed by atoms with Crippen molar-refractivity contribution in [2.45, 2.75) is 50.4 Å². The average molecular weight is 240 g/mol. The van der Waals surface area contributed by atoms with Crippen LogP contribution in [0.15, 0.2) is 12.7 Å². The molecule has 3 unspecified atom stereocenters. The van der Waals surface area contributed by atoms with Gasteiger partial charge < -0.3 is 14.2 Å². The van der Waals surface area contributed by atoms with E-state index in [-0.39, 0.29) is 24.3 Å². The largest absolute Gasteiger partial charge is 0.456 e. The third-order valence-electron chi connectivity index (χ3n) is 3.33. The lowest BCUT2D eigenvalue weighted by Crippen LogP contribution is -2.33. The van der Waals surface area contributed by atoms with E-state index in [4.69, 9.17) is 14.2 Å². The molecule has 2 fully saturated rings. The summed E-state index contributed by atoms with van der Waals surface area (Å²) in [6, 6.07) is 0. The van der Waals surface area contributed by atoms with Crippen LogP contribution < -0.4 is 0 Å². The van der Waals surface area contributed by atoms with Gasteiger partial charge in [0.15, 0.2) is 0 Å². The summed E-state index contributed by atoms with van der Waals surface area (Å²) in [6.45, 7) is 5.01. The Labute approximate surface area is 102 Å². The fourth-order valence-corrected chi connectivity index (χ4v) is 2.46. The second-order valence-corrected chi connectivity index (χ2v) is 4.60. The van der Waals surface area contributed by atoms with Crippen LogP contribution in [0.3, 0.4) is 0 Å². The molecule has 2 aliphatic heterocycles. The van der Waals surface area contributed by atoms with Crippen molar-refractivity contribution in [1.82, 2.24) is 0 Å². The molecule has 0 aromatic rings. The minimum atomic E-state index is -0.372. The van der Waals surface area contributed by atoms with Crippen LogP contribution in [0.5, 0.6) is 0 Å². The molecule has 3 atom stereocenters. The predicted octanol–water partition coefficient (Wildman–Crippen LogP) is 1.83. The van der Waals surface area contributed by atoms with Gasteiger partial charge in [0, 0.05) is 25.7 Å². The van der Waals surface area contributed by atoms with Gasteiger partial charge in [0.05, 0.1) is 12.2 Å². The molecule has 0 N–H and O–H groups in total. The Bertz CT molecular complexity index is 265. The first-order valence-electron chi connectivity index (χ1n) is 6.36. The van der Waals surface area contributed by atoms with Gasteiger partial charge in [0.2, 0.25) is 0 Å². The zero-order valence-corrected chi connectivity index (χ0v) is 10.1. The first-order valence-corrected chi connectivity index (χ1v) is 6.36.